The van der Waals surface area contributed by atoms with Gasteiger partial charge in [0.05, 0.1) is 12.2 Å². The van der Waals surface area contributed by atoms with Gasteiger partial charge >= 0.3 is 5.97 Å². The molecular weight excluding hydrogens is 314 g/mol. The zero-order valence-electron chi connectivity index (χ0n) is 15.4. The number of hydrogen-bond donors (Lipinski definition) is 1. The Balaban J connectivity index is 1.49. The maximum Gasteiger partial charge on any atom is 0.339 e. The standard InChI is InChI=1S/C20H31N3O2/c1-2-25-20(24)17-10-11-19(21-13-17)22-18-9-6-12-23(15-18)14-16-7-4-3-5-8-16/h10-11,13,16,18H,2-9,12,14-15H2,1H3,(H,21,22). The molecule has 1 aliphatic heterocycles. The summed E-state index contributed by atoms with van der Waals surface area (Å²) >= 11 is 0. The van der Waals surface area contributed by atoms with Gasteiger partial charge in [0.2, 0.25) is 0 Å². The van der Waals surface area contributed by atoms with Crippen LogP contribution in [0.4, 0.5) is 5.82 Å². The van der Waals surface area contributed by atoms with Crippen molar-refractivity contribution in [1.29, 1.82) is 0 Å². The Labute approximate surface area is 151 Å². The van der Waals surface area contributed by atoms with Crippen molar-refractivity contribution in [2.45, 2.75) is 57.9 Å². The van der Waals surface area contributed by atoms with Crippen LogP contribution in [0.15, 0.2) is 18.3 Å². The SMILES string of the molecule is CCOC(=O)c1ccc(NC2CCCN(CC3CCCCC3)C2)nc1. The van der Waals surface area contributed by atoms with Gasteiger partial charge in [0.25, 0.3) is 0 Å². The van der Waals surface area contributed by atoms with Gasteiger partial charge in [-0.3, -0.25) is 0 Å². The van der Waals surface area contributed by atoms with Gasteiger partial charge in [-0.2, -0.15) is 0 Å². The zero-order chi connectivity index (χ0) is 17.5. The van der Waals surface area contributed by atoms with Crippen molar-refractivity contribution in [2.75, 3.05) is 31.6 Å². The van der Waals surface area contributed by atoms with E-state index >= 15 is 0 Å². The number of nitrogens with zero attached hydrogens (tertiary/aromatic N) is 2. The minimum atomic E-state index is -0.308. The highest BCUT2D eigenvalue weighted by molar-refractivity contribution is 5.89. The van der Waals surface area contributed by atoms with Crippen LogP contribution in [0, 0.1) is 5.92 Å². The normalized spacial score (nSPS) is 22.5. The molecule has 0 bridgehead atoms. The molecule has 1 aromatic heterocycles. The number of carbonyl (C=O) groups excluding carboxylic acids is 1. The largest absolute Gasteiger partial charge is 0.462 e. The topological polar surface area (TPSA) is 54.5 Å². The first-order valence-corrected chi connectivity index (χ1v) is 9.86. The first kappa shape index (κ1) is 18.2. The van der Waals surface area contributed by atoms with E-state index in [0.29, 0.717) is 18.2 Å². The molecule has 1 aromatic rings. The molecule has 3 rings (SSSR count). The number of ether oxygens (including phenoxy) is 1. The first-order valence-electron chi connectivity index (χ1n) is 9.86. The molecule has 5 nitrogen and oxygen atoms in total. The number of anilines is 1. The maximum atomic E-state index is 11.7. The number of rotatable bonds is 6. The average molecular weight is 345 g/mol. The summed E-state index contributed by atoms with van der Waals surface area (Å²) in [6.07, 6.45) is 11.1. The molecule has 1 unspecified atom stereocenters. The van der Waals surface area contributed by atoms with Crippen LogP contribution in [0.3, 0.4) is 0 Å². The molecule has 138 valence electrons. The van der Waals surface area contributed by atoms with Crippen LogP contribution < -0.4 is 5.32 Å². The highest BCUT2D eigenvalue weighted by Crippen LogP contribution is 2.26. The molecule has 0 aromatic carbocycles. The van der Waals surface area contributed by atoms with Crippen molar-refractivity contribution in [3.05, 3.63) is 23.9 Å². The third-order valence-electron chi connectivity index (χ3n) is 5.37. The molecule has 0 amide bonds. The smallest absolute Gasteiger partial charge is 0.339 e. The van der Waals surface area contributed by atoms with Crippen LogP contribution in [-0.2, 0) is 4.74 Å². The van der Waals surface area contributed by atoms with Crippen LogP contribution >= 0.6 is 0 Å². The van der Waals surface area contributed by atoms with E-state index in [1.165, 1.54) is 58.0 Å². The van der Waals surface area contributed by atoms with E-state index in [2.05, 4.69) is 15.2 Å². The van der Waals surface area contributed by atoms with Gasteiger partial charge < -0.3 is 15.0 Å². The number of esters is 1. The summed E-state index contributed by atoms with van der Waals surface area (Å²) in [6.45, 7) is 5.77. The zero-order valence-corrected chi connectivity index (χ0v) is 15.4. The molecule has 0 radical (unpaired) electrons. The second-order valence-corrected chi connectivity index (χ2v) is 7.40. The summed E-state index contributed by atoms with van der Waals surface area (Å²) in [5.74, 6) is 1.44. The highest BCUT2D eigenvalue weighted by Gasteiger charge is 2.23. The maximum absolute atomic E-state index is 11.7. The Hall–Kier alpha value is -1.62. The van der Waals surface area contributed by atoms with Crippen molar-refractivity contribution in [2.24, 2.45) is 5.92 Å². The van der Waals surface area contributed by atoms with Gasteiger partial charge in [-0.1, -0.05) is 19.3 Å². The lowest BCUT2D eigenvalue weighted by Crippen LogP contribution is -2.44. The van der Waals surface area contributed by atoms with Crippen molar-refractivity contribution < 1.29 is 9.53 Å². The van der Waals surface area contributed by atoms with Gasteiger partial charge in [-0.25, -0.2) is 9.78 Å². The van der Waals surface area contributed by atoms with Crippen LogP contribution in [-0.4, -0.2) is 48.1 Å². The molecular formula is C20H31N3O2. The van der Waals surface area contributed by atoms with Gasteiger partial charge in [0.15, 0.2) is 0 Å². The van der Waals surface area contributed by atoms with Crippen molar-refractivity contribution in [1.82, 2.24) is 9.88 Å². The van der Waals surface area contributed by atoms with E-state index < -0.39 is 0 Å². The summed E-state index contributed by atoms with van der Waals surface area (Å²) in [5.41, 5.74) is 0.509. The van der Waals surface area contributed by atoms with Crippen molar-refractivity contribution >= 4 is 11.8 Å². The van der Waals surface area contributed by atoms with Crippen LogP contribution in [0.1, 0.15) is 62.2 Å². The van der Waals surface area contributed by atoms with E-state index in [4.69, 9.17) is 4.74 Å². The predicted molar refractivity (Wildman–Crippen MR) is 99.9 cm³/mol. The fourth-order valence-electron chi connectivity index (χ4n) is 4.10. The summed E-state index contributed by atoms with van der Waals surface area (Å²) in [6, 6.07) is 4.11. The minimum Gasteiger partial charge on any atom is -0.462 e. The molecule has 2 fully saturated rings. The fraction of sp³-hybridized carbons (Fsp3) is 0.700. The monoisotopic (exact) mass is 345 g/mol. The average Bonchev–Trinajstić information content (AvgIpc) is 2.64. The molecule has 0 spiro atoms. The Kier molecular flexibility index (Phi) is 6.68. The lowest BCUT2D eigenvalue weighted by Gasteiger charge is -2.36. The number of hydrogen-bond acceptors (Lipinski definition) is 5. The molecule has 5 heteroatoms. The number of carbonyl (C=O) groups is 1. The fourth-order valence-corrected chi connectivity index (χ4v) is 4.10. The Morgan fingerprint density at radius 1 is 1.24 bits per heavy atom. The summed E-state index contributed by atoms with van der Waals surface area (Å²) in [4.78, 5) is 18.7. The first-order chi connectivity index (χ1) is 12.2. The number of pyridine rings is 1. The van der Waals surface area contributed by atoms with Crippen LogP contribution in [0.2, 0.25) is 0 Å². The van der Waals surface area contributed by atoms with E-state index in [1.54, 1.807) is 12.3 Å². The third kappa shape index (κ3) is 5.43. The Morgan fingerprint density at radius 2 is 2.08 bits per heavy atom. The van der Waals surface area contributed by atoms with E-state index in [9.17, 15) is 4.79 Å². The molecule has 2 aliphatic rings. The summed E-state index contributed by atoms with van der Waals surface area (Å²) in [5, 5.41) is 3.54. The number of piperidine rings is 1. The van der Waals surface area contributed by atoms with Gasteiger partial charge in [-0.05, 0) is 57.2 Å². The second-order valence-electron chi connectivity index (χ2n) is 7.40. The Morgan fingerprint density at radius 3 is 2.80 bits per heavy atom. The summed E-state index contributed by atoms with van der Waals surface area (Å²) in [7, 11) is 0. The molecule has 1 N–H and O–H groups in total. The lowest BCUT2D eigenvalue weighted by atomic mass is 9.88. The molecule has 1 saturated heterocycles. The van der Waals surface area contributed by atoms with Crippen LogP contribution in [0.25, 0.3) is 0 Å². The number of aromatic nitrogens is 1. The summed E-state index contributed by atoms with van der Waals surface area (Å²) < 4.78 is 5.00. The van der Waals surface area contributed by atoms with Crippen LogP contribution in [0.5, 0.6) is 0 Å². The van der Waals surface area contributed by atoms with Crippen molar-refractivity contribution in [3.63, 3.8) is 0 Å². The lowest BCUT2D eigenvalue weighted by molar-refractivity contribution is 0.0526. The highest BCUT2D eigenvalue weighted by atomic mass is 16.5. The molecule has 1 saturated carbocycles. The van der Waals surface area contributed by atoms with Gasteiger partial charge in [0.1, 0.15) is 5.82 Å². The quantitative estimate of drug-likeness (QED) is 0.797. The minimum absolute atomic E-state index is 0.308. The second kappa shape index (κ2) is 9.18. The van der Waals surface area contributed by atoms with E-state index in [1.807, 2.05) is 13.0 Å². The number of likely N-dealkylation sites (tertiary alicyclic amines) is 1. The number of nitrogens with one attached hydrogen (secondary N) is 1. The molecule has 1 aliphatic carbocycles. The van der Waals surface area contributed by atoms with Crippen molar-refractivity contribution in [3.8, 4) is 0 Å². The predicted octanol–water partition coefficient (Wildman–Crippen LogP) is 3.71. The van der Waals surface area contributed by atoms with E-state index in [0.717, 1.165) is 18.3 Å². The third-order valence-corrected chi connectivity index (χ3v) is 5.37. The van der Waals surface area contributed by atoms with Gasteiger partial charge in [0, 0.05) is 25.3 Å². The molecule has 2 heterocycles. The molecule has 1 atom stereocenters. The van der Waals surface area contributed by atoms with Gasteiger partial charge in [-0.15, -0.1) is 0 Å². The van der Waals surface area contributed by atoms with E-state index in [-0.39, 0.29) is 5.97 Å². The Bertz CT molecular complexity index is 540. The molecule has 25 heavy (non-hydrogen) atoms.